The Kier molecular flexibility index (Phi) is 5.62. The molecule has 0 heterocycles. The number of rotatable bonds is 4. The average molecular weight is 290 g/mol. The second kappa shape index (κ2) is 7.46. The third-order valence-corrected chi connectivity index (χ3v) is 4.47. The maximum Gasteiger partial charge on any atom is 0.317 e. The van der Waals surface area contributed by atoms with Crippen LogP contribution >= 0.6 is 0 Å². The largest absolute Gasteiger partial charge is 0.396 e. The van der Waals surface area contributed by atoms with Crippen LogP contribution in [0.25, 0.3) is 0 Å². The summed E-state index contributed by atoms with van der Waals surface area (Å²) in [5.74, 6) is 0.421. The number of hydrogen-bond donors (Lipinski definition) is 2. The standard InChI is InChI=1S/C17H26N2O2/c1-13-4-3-5-15(10-13)11-18-17(21)19(2)16-8-6-14(12-20)7-9-16/h3-5,10,14,16,20H,6-9,11-12H2,1-2H3,(H,18,21). The number of nitrogens with zero attached hydrogens (tertiary/aromatic N) is 1. The van der Waals surface area contributed by atoms with Crippen molar-refractivity contribution in [1.82, 2.24) is 10.2 Å². The monoisotopic (exact) mass is 290 g/mol. The molecule has 1 aliphatic carbocycles. The number of carbonyl (C=O) groups excluding carboxylic acids is 1. The molecule has 1 aliphatic rings. The number of aryl methyl sites for hydroxylation is 1. The maximum atomic E-state index is 12.2. The third-order valence-electron chi connectivity index (χ3n) is 4.47. The van der Waals surface area contributed by atoms with Gasteiger partial charge in [-0.3, -0.25) is 0 Å². The van der Waals surface area contributed by atoms with E-state index in [-0.39, 0.29) is 12.6 Å². The summed E-state index contributed by atoms with van der Waals surface area (Å²) in [6.07, 6.45) is 3.99. The maximum absolute atomic E-state index is 12.2. The zero-order valence-corrected chi connectivity index (χ0v) is 13.0. The highest BCUT2D eigenvalue weighted by Crippen LogP contribution is 2.26. The SMILES string of the molecule is Cc1cccc(CNC(=O)N(C)C2CCC(CO)CC2)c1. The molecule has 1 aromatic rings. The van der Waals surface area contributed by atoms with Gasteiger partial charge < -0.3 is 15.3 Å². The van der Waals surface area contributed by atoms with Gasteiger partial charge in [0, 0.05) is 26.2 Å². The molecular formula is C17H26N2O2. The van der Waals surface area contributed by atoms with Crippen LogP contribution in [0.5, 0.6) is 0 Å². The van der Waals surface area contributed by atoms with Crippen molar-refractivity contribution in [3.8, 4) is 0 Å². The summed E-state index contributed by atoms with van der Waals surface area (Å²) in [7, 11) is 1.87. The molecule has 0 spiro atoms. The van der Waals surface area contributed by atoms with Crippen molar-refractivity contribution in [2.75, 3.05) is 13.7 Å². The molecule has 0 aromatic heterocycles. The van der Waals surface area contributed by atoms with Gasteiger partial charge in [-0.05, 0) is 44.1 Å². The minimum absolute atomic E-state index is 0.0102. The van der Waals surface area contributed by atoms with Crippen LogP contribution < -0.4 is 5.32 Å². The van der Waals surface area contributed by atoms with E-state index in [0.717, 1.165) is 31.2 Å². The quantitative estimate of drug-likeness (QED) is 0.896. The van der Waals surface area contributed by atoms with Gasteiger partial charge in [0.05, 0.1) is 0 Å². The molecule has 2 rings (SSSR count). The van der Waals surface area contributed by atoms with Crippen molar-refractivity contribution in [2.24, 2.45) is 5.92 Å². The minimum atomic E-state index is -0.0102. The summed E-state index contributed by atoms with van der Waals surface area (Å²) in [5.41, 5.74) is 2.33. The van der Waals surface area contributed by atoms with Crippen molar-refractivity contribution in [3.63, 3.8) is 0 Å². The lowest BCUT2D eigenvalue weighted by atomic mass is 9.86. The topological polar surface area (TPSA) is 52.6 Å². The van der Waals surface area contributed by atoms with Gasteiger partial charge in [-0.1, -0.05) is 29.8 Å². The van der Waals surface area contributed by atoms with E-state index in [1.54, 1.807) is 0 Å². The first-order chi connectivity index (χ1) is 10.1. The van der Waals surface area contributed by atoms with Crippen LogP contribution in [0, 0.1) is 12.8 Å². The number of aliphatic hydroxyl groups excluding tert-OH is 1. The molecule has 1 saturated carbocycles. The molecule has 116 valence electrons. The van der Waals surface area contributed by atoms with Gasteiger partial charge in [-0.15, -0.1) is 0 Å². The summed E-state index contributed by atoms with van der Waals surface area (Å²) in [4.78, 5) is 14.0. The van der Waals surface area contributed by atoms with Gasteiger partial charge >= 0.3 is 6.03 Å². The Balaban J connectivity index is 1.80. The van der Waals surface area contributed by atoms with Crippen molar-refractivity contribution < 1.29 is 9.90 Å². The van der Waals surface area contributed by atoms with Gasteiger partial charge in [0.15, 0.2) is 0 Å². The number of urea groups is 1. The molecule has 4 nitrogen and oxygen atoms in total. The van der Waals surface area contributed by atoms with E-state index in [4.69, 9.17) is 5.11 Å². The normalized spacial score (nSPS) is 21.9. The highest BCUT2D eigenvalue weighted by atomic mass is 16.3. The number of aliphatic hydroxyl groups is 1. The van der Waals surface area contributed by atoms with E-state index in [0.29, 0.717) is 18.5 Å². The number of nitrogens with one attached hydrogen (secondary N) is 1. The van der Waals surface area contributed by atoms with Crippen LogP contribution in [-0.4, -0.2) is 35.7 Å². The molecule has 0 atom stereocenters. The van der Waals surface area contributed by atoms with Crippen LogP contribution in [0.2, 0.25) is 0 Å². The van der Waals surface area contributed by atoms with E-state index in [9.17, 15) is 4.79 Å². The molecule has 0 saturated heterocycles. The molecular weight excluding hydrogens is 264 g/mol. The molecule has 0 bridgehead atoms. The molecule has 1 fully saturated rings. The number of hydrogen-bond acceptors (Lipinski definition) is 2. The van der Waals surface area contributed by atoms with E-state index < -0.39 is 0 Å². The van der Waals surface area contributed by atoms with E-state index in [2.05, 4.69) is 24.4 Å². The average Bonchev–Trinajstić information content (AvgIpc) is 2.52. The Bertz CT molecular complexity index is 468. The first kappa shape index (κ1) is 15.8. The van der Waals surface area contributed by atoms with Gasteiger partial charge in [0.25, 0.3) is 0 Å². The molecule has 21 heavy (non-hydrogen) atoms. The van der Waals surface area contributed by atoms with Gasteiger partial charge in [0.2, 0.25) is 0 Å². The summed E-state index contributed by atoms with van der Waals surface area (Å²) in [6, 6.07) is 8.47. The second-order valence-corrected chi connectivity index (χ2v) is 6.12. The fourth-order valence-electron chi connectivity index (χ4n) is 3.01. The number of benzene rings is 1. The minimum Gasteiger partial charge on any atom is -0.396 e. The first-order valence-corrected chi connectivity index (χ1v) is 7.77. The molecule has 0 aliphatic heterocycles. The molecule has 2 N–H and O–H groups in total. The lowest BCUT2D eigenvalue weighted by Gasteiger charge is -2.34. The molecule has 4 heteroatoms. The molecule has 2 amide bonds. The van der Waals surface area contributed by atoms with Crippen molar-refractivity contribution in [2.45, 2.75) is 45.2 Å². The Morgan fingerprint density at radius 3 is 2.67 bits per heavy atom. The van der Waals surface area contributed by atoms with Crippen LogP contribution in [0.3, 0.4) is 0 Å². The zero-order valence-electron chi connectivity index (χ0n) is 13.0. The predicted molar refractivity (Wildman–Crippen MR) is 84.0 cm³/mol. The lowest BCUT2D eigenvalue weighted by Crippen LogP contribution is -2.45. The second-order valence-electron chi connectivity index (χ2n) is 6.12. The molecule has 0 radical (unpaired) electrons. The molecule has 0 unspecified atom stereocenters. The van der Waals surface area contributed by atoms with Crippen molar-refractivity contribution >= 4 is 6.03 Å². The summed E-state index contributed by atoms with van der Waals surface area (Å²) in [6.45, 7) is 2.89. The third kappa shape index (κ3) is 4.46. The first-order valence-electron chi connectivity index (χ1n) is 7.77. The molecule has 1 aromatic carbocycles. The summed E-state index contributed by atoms with van der Waals surface area (Å²) < 4.78 is 0. The number of carbonyl (C=O) groups is 1. The fraction of sp³-hybridized carbons (Fsp3) is 0.588. The Morgan fingerprint density at radius 1 is 1.33 bits per heavy atom. The van der Waals surface area contributed by atoms with Crippen molar-refractivity contribution in [1.29, 1.82) is 0 Å². The van der Waals surface area contributed by atoms with E-state index in [1.165, 1.54) is 5.56 Å². The van der Waals surface area contributed by atoms with Gasteiger partial charge in [0.1, 0.15) is 0 Å². The predicted octanol–water partition coefficient (Wildman–Crippen LogP) is 2.69. The van der Waals surface area contributed by atoms with E-state index in [1.807, 2.05) is 24.1 Å². The smallest absolute Gasteiger partial charge is 0.317 e. The highest BCUT2D eigenvalue weighted by Gasteiger charge is 2.25. The zero-order chi connectivity index (χ0) is 15.2. The van der Waals surface area contributed by atoms with Crippen LogP contribution in [0.15, 0.2) is 24.3 Å². The fourth-order valence-corrected chi connectivity index (χ4v) is 3.01. The lowest BCUT2D eigenvalue weighted by molar-refractivity contribution is 0.134. The Labute approximate surface area is 127 Å². The van der Waals surface area contributed by atoms with Crippen molar-refractivity contribution in [3.05, 3.63) is 35.4 Å². The van der Waals surface area contributed by atoms with Gasteiger partial charge in [-0.2, -0.15) is 0 Å². The highest BCUT2D eigenvalue weighted by molar-refractivity contribution is 5.74. The number of amides is 2. The van der Waals surface area contributed by atoms with E-state index >= 15 is 0 Å². The summed E-state index contributed by atoms with van der Waals surface area (Å²) in [5, 5.41) is 12.2. The van der Waals surface area contributed by atoms with Crippen LogP contribution in [0.4, 0.5) is 4.79 Å². The van der Waals surface area contributed by atoms with Crippen LogP contribution in [-0.2, 0) is 6.54 Å². The van der Waals surface area contributed by atoms with Crippen LogP contribution in [0.1, 0.15) is 36.8 Å². The Morgan fingerprint density at radius 2 is 2.05 bits per heavy atom. The summed E-state index contributed by atoms with van der Waals surface area (Å²) >= 11 is 0. The van der Waals surface area contributed by atoms with Gasteiger partial charge in [-0.25, -0.2) is 4.79 Å². The Hall–Kier alpha value is -1.55.